The van der Waals surface area contributed by atoms with Gasteiger partial charge in [0, 0.05) is 36.4 Å². The fourth-order valence-electron chi connectivity index (χ4n) is 5.51. The predicted molar refractivity (Wildman–Crippen MR) is 137 cm³/mol. The number of hydrogen-bond donors (Lipinski definition) is 0. The van der Waals surface area contributed by atoms with E-state index in [2.05, 4.69) is 51.1 Å². The Morgan fingerprint density at radius 2 is 1.68 bits per heavy atom. The second kappa shape index (κ2) is 10.4. The van der Waals surface area contributed by atoms with E-state index in [1.54, 1.807) is 0 Å². The molecule has 180 valence electrons. The molecular weight excluding hydrogens is 422 g/mol. The molecular formula is C28H37N5O. The van der Waals surface area contributed by atoms with Crippen molar-refractivity contribution in [2.24, 2.45) is 7.05 Å². The van der Waals surface area contributed by atoms with Gasteiger partial charge in [0.15, 0.2) is 5.78 Å². The van der Waals surface area contributed by atoms with Crippen molar-refractivity contribution >= 4 is 16.6 Å². The number of Topliss-reactive ketones (excluding diaryl/α,β-unsaturated/α-hetero) is 1. The number of fused-ring (bicyclic) bond motifs is 1. The van der Waals surface area contributed by atoms with Crippen molar-refractivity contribution in [3.05, 3.63) is 48.0 Å². The number of aryl methyl sites for hydroxylation is 1. The molecule has 0 amide bonds. The fourth-order valence-corrected chi connectivity index (χ4v) is 5.51. The van der Waals surface area contributed by atoms with Crippen LogP contribution in [-0.4, -0.2) is 62.6 Å². The van der Waals surface area contributed by atoms with E-state index < -0.39 is 0 Å². The van der Waals surface area contributed by atoms with E-state index in [4.69, 9.17) is 0 Å². The smallest absolute Gasteiger partial charge is 0.155 e. The van der Waals surface area contributed by atoms with Gasteiger partial charge >= 0.3 is 0 Å². The molecule has 0 bridgehead atoms. The van der Waals surface area contributed by atoms with Crippen LogP contribution >= 0.6 is 0 Å². The number of aromatic nitrogens is 3. The number of rotatable bonds is 7. The van der Waals surface area contributed by atoms with Crippen molar-refractivity contribution in [1.29, 1.82) is 0 Å². The fraction of sp³-hybridized carbons (Fsp3) is 0.536. The zero-order valence-corrected chi connectivity index (χ0v) is 20.7. The maximum atomic E-state index is 13.0. The monoisotopic (exact) mass is 459 g/mol. The van der Waals surface area contributed by atoms with Crippen molar-refractivity contribution in [1.82, 2.24) is 24.6 Å². The highest BCUT2D eigenvalue weighted by Crippen LogP contribution is 2.29. The summed E-state index contributed by atoms with van der Waals surface area (Å²) in [5.41, 5.74) is 4.50. The number of benzene rings is 1. The standard InChI is InChI=1S/C28H37N5O/c1-21(33-13-7-4-8-14-33)28(34)17-25-16-24-15-22(9-10-23(24)18-29-25)26-19-30-31(2)27(26)20-32-11-5-3-6-12-32/h9-10,15-16,18-19,21H,3-8,11-14,17,20H2,1-2H3. The summed E-state index contributed by atoms with van der Waals surface area (Å²) in [6.07, 6.45) is 11.9. The third-order valence-corrected chi connectivity index (χ3v) is 7.73. The van der Waals surface area contributed by atoms with Gasteiger partial charge in [-0.3, -0.25) is 24.3 Å². The number of piperidine rings is 2. The molecule has 2 aliphatic rings. The zero-order chi connectivity index (χ0) is 23.5. The first-order valence-electron chi connectivity index (χ1n) is 13.0. The molecule has 6 nitrogen and oxygen atoms in total. The predicted octanol–water partition coefficient (Wildman–Crippen LogP) is 4.61. The van der Waals surface area contributed by atoms with Gasteiger partial charge in [-0.1, -0.05) is 25.0 Å². The Balaban J connectivity index is 1.36. The van der Waals surface area contributed by atoms with E-state index >= 15 is 0 Å². The molecule has 0 N–H and O–H groups in total. The highest BCUT2D eigenvalue weighted by Gasteiger charge is 2.23. The second-order valence-electron chi connectivity index (χ2n) is 10.1. The summed E-state index contributed by atoms with van der Waals surface area (Å²) in [5, 5.41) is 6.82. The lowest BCUT2D eigenvalue weighted by molar-refractivity contribution is -0.123. The third-order valence-electron chi connectivity index (χ3n) is 7.73. The SMILES string of the molecule is CC(C(=O)Cc1cc2cc(-c3cnn(C)c3CN3CCCCC3)ccc2cn1)N1CCCCC1. The lowest BCUT2D eigenvalue weighted by Gasteiger charge is -2.31. The van der Waals surface area contributed by atoms with E-state index in [9.17, 15) is 4.79 Å². The van der Waals surface area contributed by atoms with E-state index in [-0.39, 0.29) is 11.8 Å². The van der Waals surface area contributed by atoms with Crippen LogP contribution in [0.3, 0.4) is 0 Å². The first-order chi connectivity index (χ1) is 16.6. The molecule has 6 heteroatoms. The van der Waals surface area contributed by atoms with Gasteiger partial charge in [-0.05, 0) is 81.9 Å². The Morgan fingerprint density at radius 3 is 2.44 bits per heavy atom. The quantitative estimate of drug-likeness (QED) is 0.517. The Bertz CT molecular complexity index is 1140. The van der Waals surface area contributed by atoms with Crippen LogP contribution in [0.5, 0.6) is 0 Å². The van der Waals surface area contributed by atoms with Gasteiger partial charge < -0.3 is 0 Å². The minimum atomic E-state index is -0.0307. The van der Waals surface area contributed by atoms with Crippen molar-refractivity contribution < 1.29 is 4.79 Å². The number of carbonyl (C=O) groups is 1. The van der Waals surface area contributed by atoms with E-state index in [1.807, 2.05) is 24.1 Å². The number of carbonyl (C=O) groups excluding carboxylic acids is 1. The summed E-state index contributed by atoms with van der Waals surface area (Å²) >= 11 is 0. The number of likely N-dealkylation sites (tertiary alicyclic amines) is 2. The van der Waals surface area contributed by atoms with Crippen molar-refractivity contribution in [3.8, 4) is 11.1 Å². The van der Waals surface area contributed by atoms with Gasteiger partial charge in [-0.15, -0.1) is 0 Å². The number of hydrogen-bond acceptors (Lipinski definition) is 5. The normalized spacial score (nSPS) is 18.9. The number of ketones is 1. The minimum absolute atomic E-state index is 0.0307. The summed E-state index contributed by atoms with van der Waals surface area (Å²) in [6, 6.07) is 8.61. The molecule has 34 heavy (non-hydrogen) atoms. The van der Waals surface area contributed by atoms with Crippen LogP contribution in [0.2, 0.25) is 0 Å². The molecule has 1 aromatic carbocycles. The Morgan fingerprint density at radius 1 is 0.941 bits per heavy atom. The van der Waals surface area contributed by atoms with Gasteiger partial charge in [0.05, 0.1) is 24.4 Å². The second-order valence-corrected chi connectivity index (χ2v) is 10.1. The Hall–Kier alpha value is -2.57. The first-order valence-corrected chi connectivity index (χ1v) is 13.0. The topological polar surface area (TPSA) is 54.3 Å². The number of nitrogens with zero attached hydrogens (tertiary/aromatic N) is 5. The van der Waals surface area contributed by atoms with Gasteiger partial charge in [0.2, 0.25) is 0 Å². The van der Waals surface area contributed by atoms with Gasteiger partial charge in [-0.25, -0.2) is 0 Å². The van der Waals surface area contributed by atoms with Crippen LogP contribution in [0, 0.1) is 0 Å². The van der Waals surface area contributed by atoms with Crippen molar-refractivity contribution in [2.75, 3.05) is 26.2 Å². The molecule has 0 spiro atoms. The molecule has 0 saturated carbocycles. The van der Waals surface area contributed by atoms with Crippen LogP contribution in [0.1, 0.15) is 56.8 Å². The summed E-state index contributed by atoms with van der Waals surface area (Å²) in [6.45, 7) is 7.40. The van der Waals surface area contributed by atoms with Gasteiger partial charge in [-0.2, -0.15) is 5.10 Å². The molecule has 0 radical (unpaired) electrons. The van der Waals surface area contributed by atoms with Crippen molar-refractivity contribution in [3.63, 3.8) is 0 Å². The van der Waals surface area contributed by atoms with Crippen LogP contribution in [0.15, 0.2) is 36.7 Å². The Labute approximate surface area is 203 Å². The zero-order valence-electron chi connectivity index (χ0n) is 20.7. The highest BCUT2D eigenvalue weighted by atomic mass is 16.1. The summed E-state index contributed by atoms with van der Waals surface area (Å²) < 4.78 is 2.02. The molecule has 3 aromatic rings. The lowest BCUT2D eigenvalue weighted by atomic mass is 10.00. The average molecular weight is 460 g/mol. The molecule has 2 fully saturated rings. The largest absolute Gasteiger partial charge is 0.298 e. The summed E-state index contributed by atoms with van der Waals surface area (Å²) in [7, 11) is 2.04. The summed E-state index contributed by atoms with van der Waals surface area (Å²) in [4.78, 5) is 22.5. The maximum Gasteiger partial charge on any atom is 0.155 e. The molecule has 0 aliphatic carbocycles. The summed E-state index contributed by atoms with van der Waals surface area (Å²) in [5.74, 6) is 0.265. The molecule has 2 aromatic heterocycles. The molecule has 5 rings (SSSR count). The average Bonchev–Trinajstić information content (AvgIpc) is 3.24. The van der Waals surface area contributed by atoms with Crippen LogP contribution in [0.4, 0.5) is 0 Å². The molecule has 2 aliphatic heterocycles. The van der Waals surface area contributed by atoms with Crippen LogP contribution in [0.25, 0.3) is 21.9 Å². The first kappa shape index (κ1) is 23.2. The highest BCUT2D eigenvalue weighted by molar-refractivity contribution is 5.89. The van der Waals surface area contributed by atoms with E-state index in [0.29, 0.717) is 6.42 Å². The molecule has 2 saturated heterocycles. The third kappa shape index (κ3) is 5.08. The minimum Gasteiger partial charge on any atom is -0.298 e. The lowest BCUT2D eigenvalue weighted by Crippen LogP contribution is -2.42. The van der Waals surface area contributed by atoms with Gasteiger partial charge in [0.25, 0.3) is 0 Å². The number of pyridine rings is 1. The molecule has 1 unspecified atom stereocenters. The van der Waals surface area contributed by atoms with Crippen molar-refractivity contribution in [2.45, 2.75) is 64.5 Å². The Kier molecular flexibility index (Phi) is 7.07. The van der Waals surface area contributed by atoms with E-state index in [1.165, 1.54) is 68.4 Å². The van der Waals surface area contributed by atoms with Crippen LogP contribution < -0.4 is 0 Å². The molecule has 1 atom stereocenters. The van der Waals surface area contributed by atoms with Crippen LogP contribution in [-0.2, 0) is 24.8 Å². The van der Waals surface area contributed by atoms with E-state index in [0.717, 1.165) is 36.1 Å². The van der Waals surface area contributed by atoms with Gasteiger partial charge in [0.1, 0.15) is 0 Å². The maximum absolute atomic E-state index is 13.0. The molecule has 4 heterocycles.